The molecule has 1 heterocycles. The highest BCUT2D eigenvalue weighted by molar-refractivity contribution is 7.89. The minimum atomic E-state index is -4.06. The summed E-state index contributed by atoms with van der Waals surface area (Å²) >= 11 is 5.33. The number of nitrogens with two attached hydrogens (primary N) is 1. The number of rotatable bonds is 1. The molecule has 2 N–H and O–H groups in total. The van der Waals surface area contributed by atoms with Crippen molar-refractivity contribution in [2.75, 3.05) is 0 Å². The lowest BCUT2D eigenvalue weighted by molar-refractivity contribution is 0.564. The molecule has 16 heavy (non-hydrogen) atoms. The Kier molecular flexibility index (Phi) is 9.31. The number of halogens is 2. The lowest BCUT2D eigenvalue weighted by Crippen LogP contribution is -2.14. The molecular formula is C9H16ClFN2O2S. The molecule has 0 bridgehead atoms. The summed E-state index contributed by atoms with van der Waals surface area (Å²) < 4.78 is 34.0. The first kappa shape index (κ1) is 17.7. The second-order valence-corrected chi connectivity index (χ2v) is 3.90. The quantitative estimate of drug-likeness (QED) is 0.797. The maximum atomic E-state index is 12.7. The molecule has 0 unspecified atom stereocenters. The van der Waals surface area contributed by atoms with E-state index in [0.717, 1.165) is 6.07 Å². The van der Waals surface area contributed by atoms with Crippen LogP contribution in [0.5, 0.6) is 0 Å². The van der Waals surface area contributed by atoms with E-state index in [2.05, 4.69) is 10.1 Å². The summed E-state index contributed by atoms with van der Waals surface area (Å²) in [6, 6.07) is 0.853. The topological polar surface area (TPSA) is 73.1 Å². The van der Waals surface area contributed by atoms with Crippen molar-refractivity contribution in [3.63, 3.8) is 0 Å². The van der Waals surface area contributed by atoms with Gasteiger partial charge in [-0.25, -0.2) is 22.9 Å². The van der Waals surface area contributed by atoms with Gasteiger partial charge in [-0.15, -0.1) is 0 Å². The van der Waals surface area contributed by atoms with Crippen molar-refractivity contribution >= 4 is 21.6 Å². The van der Waals surface area contributed by atoms with Crippen molar-refractivity contribution in [1.29, 1.82) is 0 Å². The zero-order valence-electron chi connectivity index (χ0n) is 9.66. The third kappa shape index (κ3) is 5.99. The summed E-state index contributed by atoms with van der Waals surface area (Å²) in [4.78, 5) is 2.67. The van der Waals surface area contributed by atoms with Crippen molar-refractivity contribution in [2.45, 2.75) is 32.6 Å². The zero-order valence-corrected chi connectivity index (χ0v) is 11.2. The van der Waals surface area contributed by atoms with Crippen LogP contribution in [0.1, 0.15) is 27.7 Å². The minimum absolute atomic E-state index is 0.125. The number of aromatic nitrogens is 1. The molecule has 0 saturated carbocycles. The summed E-state index contributed by atoms with van der Waals surface area (Å²) in [5, 5.41) is 4.55. The number of pyridine rings is 1. The van der Waals surface area contributed by atoms with E-state index < -0.39 is 20.7 Å². The lowest BCUT2D eigenvalue weighted by Gasteiger charge is -1.98. The van der Waals surface area contributed by atoms with Crippen LogP contribution in [0.25, 0.3) is 0 Å². The Hall–Kier alpha value is -0.720. The van der Waals surface area contributed by atoms with E-state index in [1.807, 2.05) is 27.7 Å². The maximum Gasteiger partial charge on any atom is 0.241 e. The molecule has 0 radical (unpaired) electrons. The first-order valence-electron chi connectivity index (χ1n) is 4.75. The van der Waals surface area contributed by atoms with E-state index in [0.29, 0.717) is 6.20 Å². The second-order valence-electron chi connectivity index (χ2n) is 1.98. The van der Waals surface area contributed by atoms with E-state index in [-0.39, 0.29) is 5.15 Å². The van der Waals surface area contributed by atoms with Crippen LogP contribution in [0.15, 0.2) is 17.2 Å². The average Bonchev–Trinajstić information content (AvgIpc) is 2.26. The van der Waals surface area contributed by atoms with Gasteiger partial charge in [0.25, 0.3) is 0 Å². The van der Waals surface area contributed by atoms with E-state index >= 15 is 0 Å². The Labute approximate surface area is 101 Å². The minimum Gasteiger partial charge on any atom is -0.241 e. The fourth-order valence-corrected chi connectivity index (χ4v) is 1.44. The Morgan fingerprint density at radius 2 is 1.75 bits per heavy atom. The predicted octanol–water partition coefficient (Wildman–Crippen LogP) is 2.57. The lowest BCUT2D eigenvalue weighted by atomic mass is 10.5. The van der Waals surface area contributed by atoms with E-state index in [1.165, 1.54) is 0 Å². The summed E-state index contributed by atoms with van der Waals surface area (Å²) in [5.41, 5.74) is 0. The van der Waals surface area contributed by atoms with Crippen molar-refractivity contribution in [3.8, 4) is 0 Å². The Bertz CT molecular complexity index is 410. The molecule has 0 amide bonds. The number of primary sulfonamides is 1. The summed E-state index contributed by atoms with van der Waals surface area (Å²) in [6.45, 7) is 8.00. The molecule has 0 aromatic carbocycles. The van der Waals surface area contributed by atoms with Crippen LogP contribution in [-0.2, 0) is 10.0 Å². The number of nitrogens with zero attached hydrogens (tertiary/aromatic N) is 1. The zero-order chi connectivity index (χ0) is 13.4. The van der Waals surface area contributed by atoms with Gasteiger partial charge in [0.2, 0.25) is 10.0 Å². The molecule has 0 saturated heterocycles. The van der Waals surface area contributed by atoms with Crippen molar-refractivity contribution in [3.05, 3.63) is 23.2 Å². The van der Waals surface area contributed by atoms with Gasteiger partial charge in [0.05, 0.1) is 6.20 Å². The number of hydrogen-bond acceptors (Lipinski definition) is 3. The van der Waals surface area contributed by atoms with Crippen LogP contribution in [-0.4, -0.2) is 13.4 Å². The Balaban J connectivity index is 0. The van der Waals surface area contributed by atoms with Gasteiger partial charge in [-0.2, -0.15) is 0 Å². The molecular weight excluding hydrogens is 255 g/mol. The van der Waals surface area contributed by atoms with Gasteiger partial charge in [0.1, 0.15) is 10.0 Å². The van der Waals surface area contributed by atoms with Crippen molar-refractivity contribution < 1.29 is 12.8 Å². The molecule has 0 aliphatic heterocycles. The van der Waals surface area contributed by atoms with E-state index in [1.54, 1.807) is 0 Å². The Morgan fingerprint density at radius 3 is 2.06 bits per heavy atom. The molecule has 1 aromatic rings. The van der Waals surface area contributed by atoms with Crippen LogP contribution in [0.3, 0.4) is 0 Å². The molecule has 1 rings (SSSR count). The molecule has 7 heteroatoms. The van der Waals surface area contributed by atoms with Gasteiger partial charge in [0.15, 0.2) is 5.82 Å². The van der Waals surface area contributed by atoms with Crippen LogP contribution in [0.2, 0.25) is 5.15 Å². The molecule has 1 aromatic heterocycles. The van der Waals surface area contributed by atoms with Crippen LogP contribution >= 0.6 is 11.6 Å². The van der Waals surface area contributed by atoms with Gasteiger partial charge in [0, 0.05) is 0 Å². The number of hydrogen-bond donors (Lipinski definition) is 1. The summed E-state index contributed by atoms with van der Waals surface area (Å²) in [7, 11) is -4.06. The fourth-order valence-electron chi connectivity index (χ4n) is 0.614. The SMILES string of the molecule is CC.CC.NS(=O)(=O)c1cc(Cl)ncc1F. The van der Waals surface area contributed by atoms with Gasteiger partial charge in [-0.3, -0.25) is 0 Å². The molecule has 0 spiro atoms. The maximum absolute atomic E-state index is 12.7. The van der Waals surface area contributed by atoms with Crippen molar-refractivity contribution in [1.82, 2.24) is 4.98 Å². The van der Waals surface area contributed by atoms with Crippen LogP contribution in [0, 0.1) is 5.82 Å². The normalized spacial score (nSPS) is 9.44. The molecule has 0 fully saturated rings. The third-order valence-electron chi connectivity index (χ3n) is 1.09. The predicted molar refractivity (Wildman–Crippen MR) is 63.3 cm³/mol. The van der Waals surface area contributed by atoms with E-state index in [4.69, 9.17) is 11.6 Å². The van der Waals surface area contributed by atoms with Crippen LogP contribution < -0.4 is 5.14 Å². The fraction of sp³-hybridized carbons (Fsp3) is 0.444. The third-order valence-corrected chi connectivity index (χ3v) is 2.23. The van der Waals surface area contributed by atoms with Crippen molar-refractivity contribution in [2.24, 2.45) is 5.14 Å². The first-order chi connectivity index (χ1) is 7.41. The highest BCUT2D eigenvalue weighted by Crippen LogP contribution is 2.15. The Morgan fingerprint density at radius 1 is 1.31 bits per heavy atom. The monoisotopic (exact) mass is 270 g/mol. The summed E-state index contributed by atoms with van der Waals surface area (Å²) in [5.74, 6) is -1.01. The van der Waals surface area contributed by atoms with Gasteiger partial charge in [-0.1, -0.05) is 39.3 Å². The highest BCUT2D eigenvalue weighted by Gasteiger charge is 2.14. The second kappa shape index (κ2) is 8.43. The smallest absolute Gasteiger partial charge is 0.241 e. The highest BCUT2D eigenvalue weighted by atomic mass is 35.5. The van der Waals surface area contributed by atoms with Gasteiger partial charge in [-0.05, 0) is 6.07 Å². The van der Waals surface area contributed by atoms with E-state index in [9.17, 15) is 12.8 Å². The molecule has 0 aliphatic carbocycles. The first-order valence-corrected chi connectivity index (χ1v) is 6.67. The summed E-state index contributed by atoms with van der Waals surface area (Å²) in [6.07, 6.45) is 0.697. The molecule has 0 aliphatic rings. The average molecular weight is 271 g/mol. The molecule has 4 nitrogen and oxygen atoms in total. The number of sulfonamides is 1. The van der Waals surface area contributed by atoms with Gasteiger partial charge >= 0.3 is 0 Å². The van der Waals surface area contributed by atoms with Crippen LogP contribution in [0.4, 0.5) is 4.39 Å². The largest absolute Gasteiger partial charge is 0.241 e. The molecule has 0 atom stereocenters. The molecule has 94 valence electrons. The standard InChI is InChI=1S/C5H4ClFN2O2S.2C2H6/c6-5-1-4(12(8,10)11)3(7)2-9-5;2*1-2/h1-2H,(H2,8,10,11);2*1-2H3. The van der Waals surface area contributed by atoms with Gasteiger partial charge < -0.3 is 0 Å².